The van der Waals surface area contributed by atoms with E-state index in [-0.39, 0.29) is 4.90 Å². The summed E-state index contributed by atoms with van der Waals surface area (Å²) in [5.41, 5.74) is 1.21. The maximum absolute atomic E-state index is 13.1. The molecule has 0 aromatic heterocycles. The van der Waals surface area contributed by atoms with E-state index in [4.69, 9.17) is 4.74 Å². The van der Waals surface area contributed by atoms with Crippen LogP contribution in [0.4, 0.5) is 15.8 Å². The first-order valence-corrected chi connectivity index (χ1v) is 12.3. The maximum atomic E-state index is 13.1. The smallest absolute Gasteiger partial charge is 0.265 e. The van der Waals surface area contributed by atoms with Crippen LogP contribution in [-0.4, -0.2) is 50.9 Å². The molecule has 9 heteroatoms. The third kappa shape index (κ3) is 5.39. The second-order valence-corrected chi connectivity index (χ2v) is 9.60. The molecular weight excluding hydrogens is 433 g/mol. The largest absolute Gasteiger partial charge is 0.481 e. The number of ether oxygens (including phenoxy) is 1. The van der Waals surface area contributed by atoms with E-state index >= 15 is 0 Å². The molecule has 1 atom stereocenters. The number of amides is 1. The summed E-state index contributed by atoms with van der Waals surface area (Å²) in [4.78, 5) is 15.1. The highest BCUT2D eigenvalue weighted by molar-refractivity contribution is 7.89. The van der Waals surface area contributed by atoms with Crippen molar-refractivity contribution in [1.29, 1.82) is 0 Å². The number of sulfonamides is 1. The topological polar surface area (TPSA) is 79.0 Å². The minimum absolute atomic E-state index is 0.131. The molecule has 0 radical (unpaired) electrons. The van der Waals surface area contributed by atoms with Crippen LogP contribution in [0.1, 0.15) is 33.6 Å². The van der Waals surface area contributed by atoms with Gasteiger partial charge in [0.15, 0.2) is 6.10 Å². The van der Waals surface area contributed by atoms with Crippen LogP contribution in [0.2, 0.25) is 0 Å². The molecule has 1 aliphatic rings. The summed E-state index contributed by atoms with van der Waals surface area (Å²) in [6.07, 6.45) is 1.21. The fourth-order valence-electron chi connectivity index (χ4n) is 3.73. The molecule has 1 amide bonds. The average molecular weight is 464 g/mol. The van der Waals surface area contributed by atoms with Gasteiger partial charge >= 0.3 is 0 Å². The minimum Gasteiger partial charge on any atom is -0.481 e. The number of rotatable bonds is 9. The van der Waals surface area contributed by atoms with Crippen LogP contribution in [0.3, 0.4) is 0 Å². The fraction of sp³-hybridized carbons (Fsp3) is 0.435. The molecular formula is C23H30FN3O4S. The van der Waals surface area contributed by atoms with Crippen LogP contribution in [0, 0.1) is 5.82 Å². The highest BCUT2D eigenvalue weighted by Crippen LogP contribution is 2.32. The first kappa shape index (κ1) is 24.0. The molecule has 7 nitrogen and oxygen atoms in total. The second kappa shape index (κ2) is 10.3. The number of nitrogens with zero attached hydrogens (tertiary/aromatic N) is 2. The maximum Gasteiger partial charge on any atom is 0.265 e. The fourth-order valence-corrected chi connectivity index (χ4v) is 5.21. The van der Waals surface area contributed by atoms with E-state index in [1.807, 2.05) is 0 Å². The Labute approximate surface area is 189 Å². The number of hydrogen-bond acceptors (Lipinski definition) is 5. The van der Waals surface area contributed by atoms with Gasteiger partial charge in [-0.2, -0.15) is 4.31 Å². The van der Waals surface area contributed by atoms with Crippen LogP contribution in [0.25, 0.3) is 0 Å². The van der Waals surface area contributed by atoms with Crippen LogP contribution < -0.4 is 15.0 Å². The SMILES string of the molecule is CCN(CC)S(=O)(=O)c1ccc(N2CCCC2)c(NC(=O)C(C)Oc2ccc(F)cc2)c1. The molecule has 0 saturated carbocycles. The standard InChI is InChI=1S/C23H30FN3O4S/c1-4-27(5-2)32(29,30)20-12-13-22(26-14-6-7-15-26)21(16-20)25-23(28)17(3)31-19-10-8-18(24)9-11-19/h8-13,16-17H,4-7,14-15H2,1-3H3,(H,25,28). The zero-order valence-electron chi connectivity index (χ0n) is 18.7. The predicted molar refractivity (Wildman–Crippen MR) is 123 cm³/mol. The Bertz CT molecular complexity index is 1030. The quantitative estimate of drug-likeness (QED) is 0.611. The highest BCUT2D eigenvalue weighted by atomic mass is 32.2. The summed E-state index contributed by atoms with van der Waals surface area (Å²) in [6.45, 7) is 7.56. The van der Waals surface area contributed by atoms with Gasteiger partial charge < -0.3 is 15.0 Å². The predicted octanol–water partition coefficient (Wildman–Crippen LogP) is 3.86. The van der Waals surface area contributed by atoms with Crippen LogP contribution >= 0.6 is 0 Å². The van der Waals surface area contributed by atoms with Crippen molar-refractivity contribution in [2.45, 2.75) is 44.6 Å². The van der Waals surface area contributed by atoms with Gasteiger partial charge in [0, 0.05) is 26.2 Å². The van der Waals surface area contributed by atoms with Gasteiger partial charge in [0.25, 0.3) is 5.91 Å². The summed E-state index contributed by atoms with van der Waals surface area (Å²) >= 11 is 0. The van der Waals surface area contributed by atoms with Crippen LogP contribution in [0.15, 0.2) is 47.4 Å². The summed E-state index contributed by atoms with van der Waals surface area (Å²) < 4.78 is 46.1. The lowest BCUT2D eigenvalue weighted by molar-refractivity contribution is -0.122. The van der Waals surface area contributed by atoms with Crippen LogP contribution in [0.5, 0.6) is 5.75 Å². The minimum atomic E-state index is -3.68. The van der Waals surface area contributed by atoms with E-state index < -0.39 is 27.9 Å². The first-order chi connectivity index (χ1) is 15.3. The zero-order valence-corrected chi connectivity index (χ0v) is 19.5. The first-order valence-electron chi connectivity index (χ1n) is 10.9. The number of carbonyl (C=O) groups is 1. The average Bonchev–Trinajstić information content (AvgIpc) is 3.30. The van der Waals surface area contributed by atoms with Crippen molar-refractivity contribution in [3.05, 3.63) is 48.3 Å². The highest BCUT2D eigenvalue weighted by Gasteiger charge is 2.26. The summed E-state index contributed by atoms with van der Waals surface area (Å²) in [5, 5.41) is 2.84. The summed E-state index contributed by atoms with van der Waals surface area (Å²) in [5.74, 6) is -0.449. The molecule has 1 fully saturated rings. The number of benzene rings is 2. The Morgan fingerprint density at radius 1 is 1.12 bits per heavy atom. The van der Waals surface area contributed by atoms with Crippen molar-refractivity contribution in [2.75, 3.05) is 36.4 Å². The second-order valence-electron chi connectivity index (χ2n) is 7.67. The van der Waals surface area contributed by atoms with E-state index in [0.29, 0.717) is 24.5 Å². The van der Waals surface area contributed by atoms with Crippen LogP contribution in [-0.2, 0) is 14.8 Å². The zero-order chi connectivity index (χ0) is 23.3. The molecule has 1 saturated heterocycles. The molecule has 1 heterocycles. The third-order valence-electron chi connectivity index (χ3n) is 5.51. The molecule has 1 unspecified atom stereocenters. The Morgan fingerprint density at radius 2 is 1.75 bits per heavy atom. The van der Waals surface area contributed by atoms with Gasteiger partial charge in [-0.25, -0.2) is 12.8 Å². The monoisotopic (exact) mass is 463 g/mol. The van der Waals surface area contributed by atoms with Gasteiger partial charge in [0.05, 0.1) is 16.3 Å². The molecule has 174 valence electrons. The molecule has 1 aliphatic heterocycles. The van der Waals surface area contributed by atoms with E-state index in [2.05, 4.69) is 10.2 Å². The van der Waals surface area contributed by atoms with Gasteiger partial charge in [-0.1, -0.05) is 13.8 Å². The number of halogens is 1. The summed E-state index contributed by atoms with van der Waals surface area (Å²) in [7, 11) is -3.68. The Balaban J connectivity index is 1.87. The lowest BCUT2D eigenvalue weighted by atomic mass is 10.2. The van der Waals surface area contributed by atoms with Gasteiger partial charge in [-0.15, -0.1) is 0 Å². The number of carbonyl (C=O) groups excluding carboxylic acids is 1. The third-order valence-corrected chi connectivity index (χ3v) is 7.56. The summed E-state index contributed by atoms with van der Waals surface area (Å²) in [6, 6.07) is 10.3. The van der Waals surface area contributed by atoms with Gasteiger partial charge in [0.1, 0.15) is 11.6 Å². The Morgan fingerprint density at radius 3 is 2.34 bits per heavy atom. The number of nitrogens with one attached hydrogen (secondary N) is 1. The molecule has 2 aromatic rings. The molecule has 0 spiro atoms. The van der Waals surface area contributed by atoms with Gasteiger partial charge in [0.2, 0.25) is 10.0 Å². The van der Waals surface area contributed by atoms with Crippen molar-refractivity contribution in [3.63, 3.8) is 0 Å². The van der Waals surface area contributed by atoms with Crippen molar-refractivity contribution in [3.8, 4) is 5.75 Å². The number of anilines is 2. The molecule has 32 heavy (non-hydrogen) atoms. The molecule has 3 rings (SSSR count). The molecule has 2 aromatic carbocycles. The molecule has 0 aliphatic carbocycles. The van der Waals surface area contributed by atoms with E-state index in [1.165, 1.54) is 34.6 Å². The van der Waals surface area contributed by atoms with E-state index in [1.54, 1.807) is 32.9 Å². The Kier molecular flexibility index (Phi) is 7.73. The Hall–Kier alpha value is -2.65. The lowest BCUT2D eigenvalue weighted by Crippen LogP contribution is -2.32. The number of hydrogen-bond donors (Lipinski definition) is 1. The van der Waals surface area contributed by atoms with Crippen molar-refractivity contribution >= 4 is 27.3 Å². The lowest BCUT2D eigenvalue weighted by Gasteiger charge is -2.25. The van der Waals surface area contributed by atoms with E-state index in [0.717, 1.165) is 31.6 Å². The molecule has 1 N–H and O–H groups in total. The van der Waals surface area contributed by atoms with E-state index in [9.17, 15) is 17.6 Å². The molecule has 0 bridgehead atoms. The van der Waals surface area contributed by atoms with Gasteiger partial charge in [-0.3, -0.25) is 4.79 Å². The van der Waals surface area contributed by atoms with Crippen molar-refractivity contribution < 1.29 is 22.3 Å². The van der Waals surface area contributed by atoms with Crippen molar-refractivity contribution in [2.24, 2.45) is 0 Å². The normalized spacial score (nSPS) is 15.1. The van der Waals surface area contributed by atoms with Gasteiger partial charge in [-0.05, 0) is 62.2 Å². The van der Waals surface area contributed by atoms with Crippen molar-refractivity contribution in [1.82, 2.24) is 4.31 Å².